The number of hydrogen-bond acceptors (Lipinski definition) is 2. The lowest BCUT2D eigenvalue weighted by atomic mass is 9.32. The van der Waals surface area contributed by atoms with Crippen LogP contribution in [0.3, 0.4) is 0 Å². The molecule has 0 saturated heterocycles. The molecule has 138 valence electrons. The quantitative estimate of drug-likeness (QED) is 0.610. The third-order valence-corrected chi connectivity index (χ3v) is 7.81. The Kier molecular flexibility index (Phi) is 4.13. The molecule has 0 amide bonds. The summed E-state index contributed by atoms with van der Waals surface area (Å²) in [6, 6.07) is 5.84. The summed E-state index contributed by atoms with van der Waals surface area (Å²) in [5, 5.41) is 3.52. The average Bonchev–Trinajstić information content (AvgIpc) is 2.58. The molecule has 0 heterocycles. The first-order valence-electron chi connectivity index (χ1n) is 10.1. The van der Waals surface area contributed by atoms with Crippen molar-refractivity contribution in [2.24, 2.45) is 28.6 Å². The van der Waals surface area contributed by atoms with Gasteiger partial charge in [-0.1, -0.05) is 44.7 Å². The monoisotopic (exact) mass is 349 g/mol. The van der Waals surface area contributed by atoms with Gasteiger partial charge in [-0.15, -0.1) is 0 Å². The second kappa shape index (κ2) is 6.11. The summed E-state index contributed by atoms with van der Waals surface area (Å²) in [5.41, 5.74) is 4.75. The number of nitrogens with one attached hydrogen (secondary N) is 1. The summed E-state index contributed by atoms with van der Waals surface area (Å²) < 4.78 is 0. The highest BCUT2D eigenvalue weighted by atomic mass is 16.1. The van der Waals surface area contributed by atoms with Crippen molar-refractivity contribution in [2.45, 2.75) is 52.9 Å². The number of carbonyl (C=O) groups excluding carboxylic acids is 1. The first-order valence-corrected chi connectivity index (χ1v) is 10.1. The van der Waals surface area contributed by atoms with Gasteiger partial charge >= 0.3 is 0 Å². The Labute approximate surface area is 157 Å². The zero-order valence-corrected chi connectivity index (χ0v) is 16.3. The number of rotatable bonds is 6. The lowest BCUT2D eigenvalue weighted by Crippen LogP contribution is -2.65. The predicted octanol–water partition coefficient (Wildman–Crippen LogP) is 6.31. The first kappa shape index (κ1) is 17.6. The molecule has 3 fully saturated rings. The SMILES string of the molecule is C=C(CC1(C)CC2CC3CC(C1)C32C)Nc1cccc(C=O)c1/C=C\C. The zero-order valence-electron chi connectivity index (χ0n) is 16.3. The van der Waals surface area contributed by atoms with Crippen LogP contribution in [-0.2, 0) is 0 Å². The van der Waals surface area contributed by atoms with Gasteiger partial charge in [-0.2, -0.15) is 0 Å². The standard InChI is InChI=1S/C24H31NO/c1-5-7-21-17(15-26)8-6-9-22(21)25-16(2)12-23(3)13-19-10-18-11-20(14-23)24(18,19)4/h5-9,15,18-20,25H,2,10-14H2,1,3-4H3/b7-5-. The van der Waals surface area contributed by atoms with Gasteiger partial charge in [0.05, 0.1) is 0 Å². The molecular weight excluding hydrogens is 318 g/mol. The van der Waals surface area contributed by atoms with E-state index in [0.29, 0.717) is 10.8 Å². The minimum atomic E-state index is 0.355. The molecule has 3 saturated carbocycles. The molecule has 0 aliphatic heterocycles. The molecule has 0 radical (unpaired) electrons. The van der Waals surface area contributed by atoms with Crippen molar-refractivity contribution >= 4 is 18.0 Å². The van der Waals surface area contributed by atoms with E-state index in [2.05, 4.69) is 25.7 Å². The van der Waals surface area contributed by atoms with Gasteiger partial charge in [0, 0.05) is 22.5 Å². The Morgan fingerprint density at radius 1 is 1.23 bits per heavy atom. The van der Waals surface area contributed by atoms with Crippen LogP contribution >= 0.6 is 0 Å². The summed E-state index contributed by atoms with van der Waals surface area (Å²) in [6.07, 6.45) is 11.5. The summed E-state index contributed by atoms with van der Waals surface area (Å²) in [4.78, 5) is 11.4. The lowest BCUT2D eigenvalue weighted by molar-refractivity contribution is -0.236. The second-order valence-corrected chi connectivity index (χ2v) is 9.48. The predicted molar refractivity (Wildman–Crippen MR) is 109 cm³/mol. The van der Waals surface area contributed by atoms with E-state index in [1.165, 1.54) is 25.7 Å². The molecule has 0 aromatic heterocycles. The lowest BCUT2D eigenvalue weighted by Gasteiger charge is -2.73. The van der Waals surface area contributed by atoms with E-state index in [1.54, 1.807) is 0 Å². The van der Waals surface area contributed by atoms with E-state index in [9.17, 15) is 4.79 Å². The van der Waals surface area contributed by atoms with E-state index in [1.807, 2.05) is 37.3 Å². The van der Waals surface area contributed by atoms with Crippen molar-refractivity contribution in [2.75, 3.05) is 5.32 Å². The molecule has 3 aliphatic rings. The highest BCUT2D eigenvalue weighted by Crippen LogP contribution is 2.75. The van der Waals surface area contributed by atoms with Crippen LogP contribution in [0.2, 0.25) is 0 Å². The van der Waals surface area contributed by atoms with Gasteiger partial charge in [-0.05, 0) is 73.7 Å². The maximum Gasteiger partial charge on any atom is 0.150 e. The molecule has 0 bridgehead atoms. The molecule has 2 atom stereocenters. The summed E-state index contributed by atoms with van der Waals surface area (Å²) in [6.45, 7) is 11.3. The highest BCUT2D eigenvalue weighted by molar-refractivity contribution is 5.87. The average molecular weight is 350 g/mol. The first-order chi connectivity index (χ1) is 12.4. The topological polar surface area (TPSA) is 29.1 Å². The fraction of sp³-hybridized carbons (Fsp3) is 0.542. The van der Waals surface area contributed by atoms with E-state index < -0.39 is 0 Å². The van der Waals surface area contributed by atoms with Crippen LogP contribution in [0.25, 0.3) is 6.08 Å². The Hall–Kier alpha value is -1.83. The number of carbonyl (C=O) groups is 1. The molecular formula is C24H31NO. The molecule has 4 rings (SSSR count). The largest absolute Gasteiger partial charge is 0.359 e. The Morgan fingerprint density at radius 2 is 1.92 bits per heavy atom. The molecule has 1 N–H and O–H groups in total. The fourth-order valence-electron chi connectivity index (χ4n) is 6.40. The summed E-state index contributed by atoms with van der Waals surface area (Å²) >= 11 is 0. The Morgan fingerprint density at radius 3 is 2.50 bits per heavy atom. The van der Waals surface area contributed by atoms with Crippen LogP contribution in [-0.4, -0.2) is 6.29 Å². The Bertz CT molecular complexity index is 758. The fourth-order valence-corrected chi connectivity index (χ4v) is 6.40. The normalized spacial score (nSPS) is 37.4. The molecule has 2 heteroatoms. The van der Waals surface area contributed by atoms with Crippen LogP contribution in [0.5, 0.6) is 0 Å². The molecule has 1 aromatic carbocycles. The van der Waals surface area contributed by atoms with Gasteiger partial charge in [0.1, 0.15) is 0 Å². The molecule has 2 unspecified atom stereocenters. The maximum atomic E-state index is 11.4. The number of anilines is 1. The van der Waals surface area contributed by atoms with Crippen molar-refractivity contribution in [1.29, 1.82) is 0 Å². The number of hydrogen-bond donors (Lipinski definition) is 1. The Balaban J connectivity index is 1.47. The maximum absolute atomic E-state index is 11.4. The van der Waals surface area contributed by atoms with Gasteiger partial charge in [-0.3, -0.25) is 4.79 Å². The smallest absolute Gasteiger partial charge is 0.150 e. The van der Waals surface area contributed by atoms with E-state index in [4.69, 9.17) is 0 Å². The third kappa shape index (κ3) is 2.57. The van der Waals surface area contributed by atoms with Crippen molar-refractivity contribution in [3.05, 3.63) is 47.7 Å². The van der Waals surface area contributed by atoms with Crippen LogP contribution in [0.1, 0.15) is 68.8 Å². The number of allylic oxidation sites excluding steroid dienone is 2. The van der Waals surface area contributed by atoms with Crippen LogP contribution in [0.4, 0.5) is 5.69 Å². The van der Waals surface area contributed by atoms with Crippen LogP contribution < -0.4 is 5.32 Å². The van der Waals surface area contributed by atoms with Crippen LogP contribution in [0, 0.1) is 28.6 Å². The van der Waals surface area contributed by atoms with Crippen LogP contribution in [0.15, 0.2) is 36.6 Å². The number of aldehydes is 1. The van der Waals surface area contributed by atoms with Gasteiger partial charge in [0.15, 0.2) is 6.29 Å². The third-order valence-electron chi connectivity index (χ3n) is 7.81. The van der Waals surface area contributed by atoms with Gasteiger partial charge in [0.2, 0.25) is 0 Å². The van der Waals surface area contributed by atoms with E-state index in [0.717, 1.165) is 53.0 Å². The van der Waals surface area contributed by atoms with Crippen molar-refractivity contribution in [3.8, 4) is 0 Å². The molecule has 26 heavy (non-hydrogen) atoms. The highest BCUT2D eigenvalue weighted by Gasteiger charge is 2.67. The minimum absolute atomic E-state index is 0.355. The van der Waals surface area contributed by atoms with Crippen molar-refractivity contribution in [1.82, 2.24) is 0 Å². The second-order valence-electron chi connectivity index (χ2n) is 9.48. The molecule has 1 aromatic rings. The molecule has 2 nitrogen and oxygen atoms in total. The molecule has 3 aliphatic carbocycles. The van der Waals surface area contributed by atoms with E-state index >= 15 is 0 Å². The van der Waals surface area contributed by atoms with Crippen molar-refractivity contribution in [3.63, 3.8) is 0 Å². The van der Waals surface area contributed by atoms with Gasteiger partial charge in [-0.25, -0.2) is 0 Å². The van der Waals surface area contributed by atoms with Crippen molar-refractivity contribution < 1.29 is 4.79 Å². The van der Waals surface area contributed by atoms with Gasteiger partial charge in [0.25, 0.3) is 0 Å². The van der Waals surface area contributed by atoms with E-state index in [-0.39, 0.29) is 0 Å². The minimum Gasteiger partial charge on any atom is -0.359 e. The molecule has 0 spiro atoms. The summed E-state index contributed by atoms with van der Waals surface area (Å²) in [5.74, 6) is 2.88. The summed E-state index contributed by atoms with van der Waals surface area (Å²) in [7, 11) is 0. The number of benzene rings is 1. The zero-order chi connectivity index (χ0) is 18.5. The van der Waals surface area contributed by atoms with Gasteiger partial charge < -0.3 is 5.32 Å².